The van der Waals surface area contributed by atoms with Gasteiger partial charge in [0, 0.05) is 0 Å². The summed E-state index contributed by atoms with van der Waals surface area (Å²) in [4.78, 5) is 0. The average Bonchev–Trinajstić information content (AvgIpc) is 1.91. The first-order chi connectivity index (χ1) is 4.76. The maximum Gasteiger partial charge on any atom is -0.00399 e. The normalized spacial score (nSPS) is 10.4. The lowest BCUT2D eigenvalue weighted by atomic mass is 9.93. The van der Waals surface area contributed by atoms with Crippen LogP contribution in [0.15, 0.2) is 12.2 Å². The van der Waals surface area contributed by atoms with Crippen LogP contribution in [0, 0.1) is 5.92 Å². The topological polar surface area (TPSA) is 26.0 Å². The van der Waals surface area contributed by atoms with Gasteiger partial charge in [0.1, 0.15) is 0 Å². The minimum absolute atomic E-state index is 0.698. The SMILES string of the molecule is C=C(CCN)C(CC)CC. The summed E-state index contributed by atoms with van der Waals surface area (Å²) in [5.41, 5.74) is 6.74. The van der Waals surface area contributed by atoms with Crippen LogP contribution in [0.5, 0.6) is 0 Å². The van der Waals surface area contributed by atoms with Gasteiger partial charge >= 0.3 is 0 Å². The molecule has 0 bridgehead atoms. The van der Waals surface area contributed by atoms with Crippen LogP contribution in [-0.4, -0.2) is 6.54 Å². The zero-order chi connectivity index (χ0) is 7.98. The molecule has 0 aliphatic carbocycles. The summed E-state index contributed by atoms with van der Waals surface area (Å²) in [6.45, 7) is 9.16. The quantitative estimate of drug-likeness (QED) is 0.584. The van der Waals surface area contributed by atoms with E-state index < -0.39 is 0 Å². The van der Waals surface area contributed by atoms with E-state index in [1.54, 1.807) is 0 Å². The molecule has 0 unspecified atom stereocenters. The second-order valence-corrected chi connectivity index (χ2v) is 2.71. The monoisotopic (exact) mass is 141 g/mol. The van der Waals surface area contributed by atoms with Crippen LogP contribution in [0.3, 0.4) is 0 Å². The summed E-state index contributed by atoms with van der Waals surface area (Å²) in [7, 11) is 0. The maximum absolute atomic E-state index is 5.42. The van der Waals surface area contributed by atoms with E-state index in [2.05, 4.69) is 20.4 Å². The van der Waals surface area contributed by atoms with Gasteiger partial charge in [0.05, 0.1) is 0 Å². The molecule has 0 aromatic carbocycles. The van der Waals surface area contributed by atoms with E-state index in [0.717, 1.165) is 13.0 Å². The Morgan fingerprint density at radius 3 is 2.20 bits per heavy atom. The molecule has 0 fully saturated rings. The highest BCUT2D eigenvalue weighted by atomic mass is 14.5. The molecule has 0 aromatic rings. The van der Waals surface area contributed by atoms with Crippen molar-refractivity contribution in [2.24, 2.45) is 11.7 Å². The Hall–Kier alpha value is -0.300. The molecule has 0 amide bonds. The van der Waals surface area contributed by atoms with Crippen LogP contribution in [0.1, 0.15) is 33.1 Å². The number of hydrogen-bond donors (Lipinski definition) is 1. The third-order valence-electron chi connectivity index (χ3n) is 2.03. The summed E-state index contributed by atoms with van der Waals surface area (Å²) in [5, 5.41) is 0. The first kappa shape index (κ1) is 9.70. The molecule has 0 heterocycles. The number of rotatable bonds is 5. The van der Waals surface area contributed by atoms with E-state index in [4.69, 9.17) is 5.73 Å². The van der Waals surface area contributed by atoms with Crippen molar-refractivity contribution in [2.75, 3.05) is 6.54 Å². The molecule has 0 saturated heterocycles. The molecule has 0 radical (unpaired) electrons. The fraction of sp³-hybridized carbons (Fsp3) is 0.778. The van der Waals surface area contributed by atoms with E-state index >= 15 is 0 Å². The molecule has 10 heavy (non-hydrogen) atoms. The Morgan fingerprint density at radius 1 is 1.40 bits per heavy atom. The number of nitrogens with two attached hydrogens (primary N) is 1. The van der Waals surface area contributed by atoms with E-state index in [9.17, 15) is 0 Å². The van der Waals surface area contributed by atoms with Crippen LogP contribution in [0.25, 0.3) is 0 Å². The molecule has 0 spiro atoms. The van der Waals surface area contributed by atoms with E-state index in [0.29, 0.717) is 5.92 Å². The van der Waals surface area contributed by atoms with Crippen molar-refractivity contribution in [2.45, 2.75) is 33.1 Å². The Morgan fingerprint density at radius 2 is 1.90 bits per heavy atom. The van der Waals surface area contributed by atoms with Gasteiger partial charge in [-0.25, -0.2) is 0 Å². The summed E-state index contributed by atoms with van der Waals surface area (Å²) >= 11 is 0. The minimum atomic E-state index is 0.698. The molecular weight excluding hydrogens is 122 g/mol. The molecule has 2 N–H and O–H groups in total. The fourth-order valence-electron chi connectivity index (χ4n) is 1.26. The van der Waals surface area contributed by atoms with Crippen molar-refractivity contribution in [3.05, 3.63) is 12.2 Å². The van der Waals surface area contributed by atoms with E-state index in [1.165, 1.54) is 18.4 Å². The molecule has 60 valence electrons. The van der Waals surface area contributed by atoms with Gasteiger partial charge in [0.25, 0.3) is 0 Å². The van der Waals surface area contributed by atoms with Crippen LogP contribution in [-0.2, 0) is 0 Å². The van der Waals surface area contributed by atoms with Gasteiger partial charge in [-0.3, -0.25) is 0 Å². The zero-order valence-electron chi connectivity index (χ0n) is 7.19. The van der Waals surface area contributed by atoms with Crippen LogP contribution in [0.2, 0.25) is 0 Å². The Bertz CT molecular complexity index is 92.9. The summed E-state index contributed by atoms with van der Waals surface area (Å²) in [6.07, 6.45) is 3.40. The molecule has 1 nitrogen and oxygen atoms in total. The van der Waals surface area contributed by atoms with Crippen molar-refractivity contribution >= 4 is 0 Å². The van der Waals surface area contributed by atoms with E-state index in [1.807, 2.05) is 0 Å². The highest BCUT2D eigenvalue weighted by Crippen LogP contribution is 2.18. The molecule has 0 atom stereocenters. The standard InChI is InChI=1S/C9H19N/c1-4-9(5-2)8(3)6-7-10/h9H,3-7,10H2,1-2H3. The summed E-state index contributed by atoms with van der Waals surface area (Å²) < 4.78 is 0. The molecule has 0 saturated carbocycles. The minimum Gasteiger partial charge on any atom is -0.330 e. The van der Waals surface area contributed by atoms with Gasteiger partial charge in [-0.2, -0.15) is 0 Å². The molecule has 0 aliphatic heterocycles. The average molecular weight is 141 g/mol. The first-order valence-corrected chi connectivity index (χ1v) is 4.13. The lowest BCUT2D eigenvalue weighted by molar-refractivity contribution is 0.553. The van der Waals surface area contributed by atoms with Gasteiger partial charge < -0.3 is 5.73 Å². The highest BCUT2D eigenvalue weighted by Gasteiger charge is 2.05. The van der Waals surface area contributed by atoms with Gasteiger partial charge in [0.2, 0.25) is 0 Å². The summed E-state index contributed by atoms with van der Waals surface area (Å²) in [6, 6.07) is 0. The van der Waals surface area contributed by atoms with Crippen molar-refractivity contribution in [3.63, 3.8) is 0 Å². The van der Waals surface area contributed by atoms with Gasteiger partial charge in [-0.15, -0.1) is 0 Å². The first-order valence-electron chi connectivity index (χ1n) is 4.13. The van der Waals surface area contributed by atoms with Crippen molar-refractivity contribution in [1.29, 1.82) is 0 Å². The summed E-state index contributed by atoms with van der Waals surface area (Å²) in [5.74, 6) is 0.698. The smallest absolute Gasteiger partial charge is 0.00399 e. The fourth-order valence-corrected chi connectivity index (χ4v) is 1.26. The van der Waals surface area contributed by atoms with Crippen LogP contribution >= 0.6 is 0 Å². The third-order valence-corrected chi connectivity index (χ3v) is 2.03. The van der Waals surface area contributed by atoms with Crippen molar-refractivity contribution in [3.8, 4) is 0 Å². The van der Waals surface area contributed by atoms with Gasteiger partial charge in [-0.05, 0) is 31.7 Å². The van der Waals surface area contributed by atoms with Crippen LogP contribution in [0.4, 0.5) is 0 Å². The largest absolute Gasteiger partial charge is 0.330 e. The number of hydrogen-bond acceptors (Lipinski definition) is 1. The lowest BCUT2D eigenvalue weighted by Crippen LogP contribution is -2.06. The Labute approximate surface area is 64.3 Å². The lowest BCUT2D eigenvalue weighted by Gasteiger charge is -2.14. The predicted molar refractivity (Wildman–Crippen MR) is 46.9 cm³/mol. The molecule has 1 heteroatoms. The zero-order valence-corrected chi connectivity index (χ0v) is 7.19. The van der Waals surface area contributed by atoms with Crippen molar-refractivity contribution in [1.82, 2.24) is 0 Å². The maximum atomic E-state index is 5.42. The Kier molecular flexibility index (Phi) is 5.32. The second-order valence-electron chi connectivity index (χ2n) is 2.71. The van der Waals surface area contributed by atoms with Crippen LogP contribution < -0.4 is 5.73 Å². The Balaban J connectivity index is 3.65. The molecule has 0 rings (SSSR count). The van der Waals surface area contributed by atoms with Gasteiger partial charge in [-0.1, -0.05) is 26.0 Å². The van der Waals surface area contributed by atoms with Crippen molar-refractivity contribution < 1.29 is 0 Å². The predicted octanol–water partition coefficient (Wildman–Crippen LogP) is 2.33. The molecule has 0 aromatic heterocycles. The molecular formula is C9H19N. The second kappa shape index (κ2) is 5.48. The highest BCUT2D eigenvalue weighted by molar-refractivity contribution is 4.99. The third kappa shape index (κ3) is 3.02. The van der Waals surface area contributed by atoms with E-state index in [-0.39, 0.29) is 0 Å². The van der Waals surface area contributed by atoms with Gasteiger partial charge in [0.15, 0.2) is 0 Å². The molecule has 0 aliphatic rings.